The molecule has 2 aromatic rings. The summed E-state index contributed by atoms with van der Waals surface area (Å²) >= 11 is 0. The fourth-order valence-electron chi connectivity index (χ4n) is 3.34. The molecule has 7 heteroatoms. The Balaban J connectivity index is 0.00000300. The highest BCUT2D eigenvalue weighted by Crippen LogP contribution is 2.24. The van der Waals surface area contributed by atoms with E-state index >= 15 is 0 Å². The zero-order valence-electron chi connectivity index (χ0n) is 16.4. The van der Waals surface area contributed by atoms with Crippen LogP contribution < -0.4 is 11.1 Å². The van der Waals surface area contributed by atoms with E-state index in [2.05, 4.69) is 12.2 Å². The first-order valence-corrected chi connectivity index (χ1v) is 9.60. The number of benzene rings is 2. The molecule has 0 bridgehead atoms. The number of nitrogens with one attached hydrogen (secondary N) is 1. The molecule has 0 aliphatic carbocycles. The van der Waals surface area contributed by atoms with E-state index in [1.54, 1.807) is 48.5 Å². The van der Waals surface area contributed by atoms with Crippen LogP contribution in [0, 0.1) is 0 Å². The molecule has 0 saturated heterocycles. The summed E-state index contributed by atoms with van der Waals surface area (Å²) in [5.74, 6) is -0.813. The molecule has 0 aromatic heterocycles. The summed E-state index contributed by atoms with van der Waals surface area (Å²) in [5, 5.41) is 2.96. The first-order chi connectivity index (χ1) is 13.5. The van der Waals surface area contributed by atoms with Crippen molar-refractivity contribution in [2.45, 2.75) is 38.8 Å². The molecule has 0 radical (unpaired) electrons. The lowest BCUT2D eigenvalue weighted by atomic mass is 10.1. The highest BCUT2D eigenvalue weighted by molar-refractivity contribution is 6.21. The van der Waals surface area contributed by atoms with E-state index < -0.39 is 0 Å². The Hall–Kier alpha value is -2.70. The van der Waals surface area contributed by atoms with Gasteiger partial charge in [-0.25, -0.2) is 0 Å². The van der Waals surface area contributed by atoms with Crippen molar-refractivity contribution in [1.29, 1.82) is 0 Å². The summed E-state index contributed by atoms with van der Waals surface area (Å²) in [6, 6.07) is 13.7. The molecule has 6 nitrogen and oxygen atoms in total. The Morgan fingerprint density at radius 1 is 1.07 bits per heavy atom. The van der Waals surface area contributed by atoms with E-state index in [4.69, 9.17) is 5.73 Å². The van der Waals surface area contributed by atoms with Gasteiger partial charge in [0.1, 0.15) is 0 Å². The molecule has 3 amide bonds. The van der Waals surface area contributed by atoms with Crippen molar-refractivity contribution < 1.29 is 14.4 Å². The summed E-state index contributed by atoms with van der Waals surface area (Å²) < 4.78 is 0. The van der Waals surface area contributed by atoms with E-state index in [9.17, 15) is 14.4 Å². The SMILES string of the molecule is CCCCC(CN)NC(=O)c1cccc(CN2C(=O)c3ccccc3C2=O)c1.Cl. The number of carbonyl (C=O) groups is 3. The summed E-state index contributed by atoms with van der Waals surface area (Å²) in [6.45, 7) is 2.61. The first kappa shape index (κ1) is 22.6. The van der Waals surface area contributed by atoms with E-state index in [1.165, 1.54) is 4.90 Å². The van der Waals surface area contributed by atoms with Gasteiger partial charge in [0, 0.05) is 18.2 Å². The average molecular weight is 416 g/mol. The molecule has 1 atom stereocenters. The van der Waals surface area contributed by atoms with Crippen LogP contribution in [0.25, 0.3) is 0 Å². The second kappa shape index (κ2) is 10.2. The van der Waals surface area contributed by atoms with E-state index in [0.717, 1.165) is 24.8 Å². The quantitative estimate of drug-likeness (QED) is 0.648. The second-order valence-electron chi connectivity index (χ2n) is 6.99. The monoisotopic (exact) mass is 415 g/mol. The molecule has 0 spiro atoms. The third-order valence-electron chi connectivity index (χ3n) is 4.93. The van der Waals surface area contributed by atoms with Crippen LogP contribution in [0.1, 0.15) is 62.8 Å². The Kier molecular flexibility index (Phi) is 7.93. The molecular formula is C22H26ClN3O3. The van der Waals surface area contributed by atoms with Crippen molar-refractivity contribution >= 4 is 30.1 Å². The molecule has 1 aliphatic heterocycles. The maximum atomic E-state index is 12.6. The van der Waals surface area contributed by atoms with Gasteiger partial charge in [-0.2, -0.15) is 0 Å². The van der Waals surface area contributed by atoms with E-state index in [0.29, 0.717) is 23.2 Å². The lowest BCUT2D eigenvalue weighted by Gasteiger charge is -2.17. The van der Waals surface area contributed by atoms with Crippen molar-refractivity contribution in [3.05, 3.63) is 70.8 Å². The number of rotatable bonds is 8. The standard InChI is InChI=1S/C22H25N3O3.ClH/c1-2-3-9-17(13-23)24-20(26)16-8-6-7-15(12-16)14-25-21(27)18-10-4-5-11-19(18)22(25)28;/h4-8,10-12,17H,2-3,9,13-14,23H2,1H3,(H,24,26);1H. The molecule has 0 fully saturated rings. The Bertz CT molecular complexity index is 865. The molecule has 3 rings (SSSR count). The van der Waals surface area contributed by atoms with Crippen molar-refractivity contribution in [2.24, 2.45) is 5.73 Å². The Labute approximate surface area is 176 Å². The zero-order valence-corrected chi connectivity index (χ0v) is 17.2. The molecule has 2 aromatic carbocycles. The zero-order chi connectivity index (χ0) is 20.1. The fraction of sp³-hybridized carbons (Fsp3) is 0.318. The number of amides is 3. The predicted octanol–water partition coefficient (Wildman–Crippen LogP) is 3.15. The number of fused-ring (bicyclic) bond motifs is 1. The van der Waals surface area contributed by atoms with Crippen LogP contribution in [0.4, 0.5) is 0 Å². The largest absolute Gasteiger partial charge is 0.348 e. The fourth-order valence-corrected chi connectivity index (χ4v) is 3.34. The summed E-state index contributed by atoms with van der Waals surface area (Å²) in [7, 11) is 0. The highest BCUT2D eigenvalue weighted by atomic mass is 35.5. The Morgan fingerprint density at radius 2 is 1.72 bits per heavy atom. The molecule has 154 valence electrons. The van der Waals surface area contributed by atoms with Gasteiger partial charge in [0.15, 0.2) is 0 Å². The summed E-state index contributed by atoms with van der Waals surface area (Å²) in [6.07, 6.45) is 2.89. The molecule has 1 unspecified atom stereocenters. The maximum absolute atomic E-state index is 12.6. The number of imide groups is 1. The molecule has 1 aliphatic rings. The number of nitrogens with two attached hydrogens (primary N) is 1. The van der Waals surface area contributed by atoms with Crippen LogP contribution in [0.3, 0.4) is 0 Å². The van der Waals surface area contributed by atoms with Crippen molar-refractivity contribution in [1.82, 2.24) is 10.2 Å². The van der Waals surface area contributed by atoms with Crippen LogP contribution in [-0.2, 0) is 6.54 Å². The number of unbranched alkanes of at least 4 members (excludes halogenated alkanes) is 1. The third kappa shape index (κ3) is 5.02. The second-order valence-corrected chi connectivity index (χ2v) is 6.99. The minimum Gasteiger partial charge on any atom is -0.348 e. The van der Waals surface area contributed by atoms with Crippen LogP contribution in [0.15, 0.2) is 48.5 Å². The van der Waals surface area contributed by atoms with Gasteiger partial charge in [0.05, 0.1) is 17.7 Å². The molecular weight excluding hydrogens is 390 g/mol. The molecule has 29 heavy (non-hydrogen) atoms. The van der Waals surface area contributed by atoms with Gasteiger partial charge in [-0.3, -0.25) is 19.3 Å². The van der Waals surface area contributed by atoms with Gasteiger partial charge in [0.2, 0.25) is 0 Å². The van der Waals surface area contributed by atoms with Crippen LogP contribution in [-0.4, -0.2) is 35.2 Å². The maximum Gasteiger partial charge on any atom is 0.261 e. The van der Waals surface area contributed by atoms with Crippen molar-refractivity contribution in [3.8, 4) is 0 Å². The van der Waals surface area contributed by atoms with Gasteiger partial charge in [-0.05, 0) is 36.2 Å². The molecule has 1 heterocycles. The number of carbonyl (C=O) groups excluding carboxylic acids is 3. The van der Waals surface area contributed by atoms with Gasteiger partial charge < -0.3 is 11.1 Å². The van der Waals surface area contributed by atoms with Crippen LogP contribution in [0.2, 0.25) is 0 Å². The smallest absolute Gasteiger partial charge is 0.261 e. The van der Waals surface area contributed by atoms with Gasteiger partial charge in [-0.15, -0.1) is 12.4 Å². The van der Waals surface area contributed by atoms with Gasteiger partial charge in [-0.1, -0.05) is 44.0 Å². The topological polar surface area (TPSA) is 92.5 Å². The summed E-state index contributed by atoms with van der Waals surface area (Å²) in [5.41, 5.74) is 7.81. The average Bonchev–Trinajstić information content (AvgIpc) is 2.96. The van der Waals surface area contributed by atoms with Crippen molar-refractivity contribution in [3.63, 3.8) is 0 Å². The van der Waals surface area contributed by atoms with Gasteiger partial charge in [0.25, 0.3) is 17.7 Å². The van der Waals surface area contributed by atoms with E-state index in [1.807, 2.05) is 0 Å². The number of hydrogen-bond donors (Lipinski definition) is 2. The predicted molar refractivity (Wildman–Crippen MR) is 114 cm³/mol. The minimum absolute atomic E-state index is 0. The third-order valence-corrected chi connectivity index (χ3v) is 4.93. The van der Waals surface area contributed by atoms with Gasteiger partial charge >= 0.3 is 0 Å². The summed E-state index contributed by atoms with van der Waals surface area (Å²) in [4.78, 5) is 38.8. The lowest BCUT2D eigenvalue weighted by molar-refractivity contribution is 0.0642. The van der Waals surface area contributed by atoms with Crippen molar-refractivity contribution in [2.75, 3.05) is 6.54 Å². The molecule has 0 saturated carbocycles. The highest BCUT2D eigenvalue weighted by Gasteiger charge is 2.35. The van der Waals surface area contributed by atoms with Crippen LogP contribution in [0.5, 0.6) is 0 Å². The number of hydrogen-bond acceptors (Lipinski definition) is 4. The Morgan fingerprint density at radius 3 is 2.31 bits per heavy atom. The van der Waals surface area contributed by atoms with E-state index in [-0.39, 0.29) is 42.7 Å². The number of nitrogens with zero attached hydrogens (tertiary/aromatic N) is 1. The van der Waals surface area contributed by atoms with Crippen LogP contribution >= 0.6 is 12.4 Å². The molecule has 3 N–H and O–H groups in total. The minimum atomic E-state index is -0.307. The lowest BCUT2D eigenvalue weighted by Crippen LogP contribution is -2.40. The first-order valence-electron chi connectivity index (χ1n) is 9.60. The normalized spacial score (nSPS) is 13.7. The number of halogens is 1.